The average molecular weight is 761 g/mol. The summed E-state index contributed by atoms with van der Waals surface area (Å²) >= 11 is 0. The van der Waals surface area contributed by atoms with Crippen LogP contribution in [0.25, 0.3) is 0 Å². The maximum absolute atomic E-state index is 6.39. The van der Waals surface area contributed by atoms with E-state index >= 15 is 0 Å². The van der Waals surface area contributed by atoms with Gasteiger partial charge in [-0.05, 0) is 53.1 Å². The minimum absolute atomic E-state index is 0.0190. The molecule has 0 N–H and O–H groups in total. The molecular weight excluding hydrogens is 705 g/mol. The van der Waals surface area contributed by atoms with Crippen LogP contribution in [0.2, 0.25) is 0 Å². The number of nitrogens with zero attached hydrogens (tertiary/aromatic N) is 2. The molecule has 1 saturated carbocycles. The summed E-state index contributed by atoms with van der Waals surface area (Å²) in [5, 5.41) is 0. The normalized spacial score (nSPS) is 12.9. The minimum atomic E-state index is -0.0190. The number of hydrogen-bond acceptors (Lipinski definition) is 6. The Morgan fingerprint density at radius 2 is 0.737 bits per heavy atom. The number of hydrogen-bond donors (Lipinski definition) is 0. The predicted octanol–water partition coefficient (Wildman–Crippen LogP) is 11.8. The number of benzene rings is 6. The molecule has 6 aromatic rings. The highest BCUT2D eigenvalue weighted by Gasteiger charge is 2.34. The van der Waals surface area contributed by atoms with Crippen molar-refractivity contribution in [2.45, 2.75) is 64.2 Å². The number of methoxy groups -OCH3 is 4. The lowest BCUT2D eigenvalue weighted by Crippen LogP contribution is -2.24. The van der Waals surface area contributed by atoms with Crippen molar-refractivity contribution in [3.63, 3.8) is 0 Å². The molecule has 0 atom stereocenters. The molecule has 0 aromatic heterocycles. The van der Waals surface area contributed by atoms with Crippen LogP contribution in [0.4, 0.5) is 11.4 Å². The molecule has 1 aliphatic carbocycles. The largest absolute Gasteiger partial charge is 0.496 e. The van der Waals surface area contributed by atoms with E-state index in [0.717, 1.165) is 84.5 Å². The van der Waals surface area contributed by atoms with Gasteiger partial charge in [0.2, 0.25) is 0 Å². The van der Waals surface area contributed by atoms with Crippen LogP contribution >= 0.6 is 0 Å². The van der Waals surface area contributed by atoms with E-state index in [2.05, 4.69) is 155 Å². The van der Waals surface area contributed by atoms with E-state index in [1.54, 1.807) is 28.4 Å². The Morgan fingerprint density at radius 3 is 1.04 bits per heavy atom. The Hall–Kier alpha value is -5.88. The topological polar surface area (TPSA) is 43.4 Å². The van der Waals surface area contributed by atoms with Crippen LogP contribution in [-0.2, 0) is 26.2 Å². The first-order valence-corrected chi connectivity index (χ1v) is 20.3. The molecule has 0 aliphatic heterocycles. The Bertz CT molecular complexity index is 1910. The van der Waals surface area contributed by atoms with Gasteiger partial charge < -0.3 is 28.7 Å². The van der Waals surface area contributed by atoms with Crippen molar-refractivity contribution >= 4 is 11.4 Å². The van der Waals surface area contributed by atoms with Crippen LogP contribution in [0, 0.1) is 5.92 Å². The molecule has 1 fully saturated rings. The van der Waals surface area contributed by atoms with Gasteiger partial charge in [-0.3, -0.25) is 0 Å². The Kier molecular flexibility index (Phi) is 13.3. The molecule has 57 heavy (non-hydrogen) atoms. The first kappa shape index (κ1) is 39.4. The third-order valence-electron chi connectivity index (χ3n) is 11.4. The highest BCUT2D eigenvalue weighted by molar-refractivity contribution is 5.69. The third kappa shape index (κ3) is 9.57. The molecule has 0 unspecified atom stereocenters. The maximum atomic E-state index is 6.39. The van der Waals surface area contributed by atoms with Crippen molar-refractivity contribution in [1.82, 2.24) is 0 Å². The molecule has 0 heterocycles. The summed E-state index contributed by atoms with van der Waals surface area (Å²) in [5.41, 5.74) is 9.09. The minimum Gasteiger partial charge on any atom is -0.496 e. The average Bonchev–Trinajstić information content (AvgIpc) is 3.27. The van der Waals surface area contributed by atoms with Crippen molar-refractivity contribution in [2.24, 2.45) is 5.92 Å². The van der Waals surface area contributed by atoms with Crippen LogP contribution in [0.3, 0.4) is 0 Å². The highest BCUT2D eigenvalue weighted by atomic mass is 16.5. The fourth-order valence-corrected chi connectivity index (χ4v) is 8.60. The molecule has 0 saturated heterocycles. The highest BCUT2D eigenvalue weighted by Crippen LogP contribution is 2.51. The van der Waals surface area contributed by atoms with Crippen molar-refractivity contribution in [3.05, 3.63) is 179 Å². The zero-order chi connectivity index (χ0) is 39.4. The lowest BCUT2D eigenvalue weighted by molar-refractivity contribution is 0.311. The summed E-state index contributed by atoms with van der Waals surface area (Å²) in [4.78, 5) is 4.77. The number of anilines is 2. The molecule has 1 aliphatic rings. The smallest absolute Gasteiger partial charge is 0.142 e. The van der Waals surface area contributed by atoms with Crippen LogP contribution in [0.15, 0.2) is 146 Å². The van der Waals surface area contributed by atoms with E-state index in [1.807, 2.05) is 0 Å². The second-order valence-electron chi connectivity index (χ2n) is 15.1. The van der Waals surface area contributed by atoms with Gasteiger partial charge in [0.25, 0.3) is 0 Å². The van der Waals surface area contributed by atoms with Gasteiger partial charge in [-0.25, -0.2) is 0 Å². The van der Waals surface area contributed by atoms with Gasteiger partial charge in [0.1, 0.15) is 23.0 Å². The van der Waals surface area contributed by atoms with Crippen LogP contribution in [0.5, 0.6) is 23.0 Å². The summed E-state index contributed by atoms with van der Waals surface area (Å²) in [5.74, 6) is 3.67. The van der Waals surface area contributed by atoms with Gasteiger partial charge in [-0.2, -0.15) is 0 Å². The van der Waals surface area contributed by atoms with E-state index in [-0.39, 0.29) is 5.92 Å². The molecule has 6 nitrogen and oxygen atoms in total. The molecule has 0 amide bonds. The Balaban J connectivity index is 1.35. The quantitative estimate of drug-likeness (QED) is 0.0922. The van der Waals surface area contributed by atoms with Crippen molar-refractivity contribution < 1.29 is 18.9 Å². The first-order chi connectivity index (χ1) is 28.1. The Labute approximate surface area is 339 Å². The lowest BCUT2D eigenvalue weighted by atomic mass is 9.73. The van der Waals surface area contributed by atoms with Crippen LogP contribution in [0.1, 0.15) is 71.4 Å². The number of rotatable bonds is 17. The van der Waals surface area contributed by atoms with Gasteiger partial charge in [0, 0.05) is 55.4 Å². The van der Waals surface area contributed by atoms with Crippen LogP contribution < -0.4 is 28.7 Å². The van der Waals surface area contributed by atoms with Gasteiger partial charge in [0.05, 0.1) is 39.8 Å². The second kappa shape index (κ2) is 19.3. The summed E-state index contributed by atoms with van der Waals surface area (Å²) < 4.78 is 25.4. The van der Waals surface area contributed by atoms with Crippen molar-refractivity contribution in [2.75, 3.05) is 38.2 Å². The van der Waals surface area contributed by atoms with Gasteiger partial charge >= 0.3 is 0 Å². The number of ether oxygens (including phenoxy) is 4. The second-order valence-corrected chi connectivity index (χ2v) is 15.1. The summed E-state index contributed by atoms with van der Waals surface area (Å²) in [6, 6.07) is 51.3. The molecular formula is C51H56N2O4. The van der Waals surface area contributed by atoms with E-state index in [4.69, 9.17) is 18.9 Å². The van der Waals surface area contributed by atoms with E-state index < -0.39 is 0 Å². The monoisotopic (exact) mass is 760 g/mol. The van der Waals surface area contributed by atoms with Crippen molar-refractivity contribution in [1.29, 1.82) is 0 Å². The fraction of sp³-hybridized carbons (Fsp3) is 0.294. The summed E-state index contributed by atoms with van der Waals surface area (Å²) in [7, 11) is 7.14. The zero-order valence-corrected chi connectivity index (χ0v) is 33.9. The summed E-state index contributed by atoms with van der Waals surface area (Å²) in [6.07, 6.45) is 5.88. The fourth-order valence-electron chi connectivity index (χ4n) is 8.60. The van der Waals surface area contributed by atoms with E-state index in [1.165, 1.54) is 41.5 Å². The molecule has 0 bridgehead atoms. The van der Waals surface area contributed by atoms with E-state index in [9.17, 15) is 0 Å². The van der Waals surface area contributed by atoms with Crippen molar-refractivity contribution in [3.8, 4) is 23.0 Å². The molecule has 0 spiro atoms. The zero-order valence-electron chi connectivity index (χ0n) is 33.9. The molecule has 7 rings (SSSR count). The standard InChI is InChI=1S/C51H56N2O4/c1-54-47-32-45(52(34-38-20-10-5-11-21-38)35-39-22-12-6-13-23-39)49(56-3)30-43(47)51(42-28-18-9-19-29-42)44-31-50(57-4)46(33-48(44)55-2)53(36-40-24-14-7-15-25-40)37-41-26-16-8-17-27-41/h5-8,10-17,20-27,30-33,42,51H,9,18-19,28-29,34-37H2,1-4H3. The van der Waals surface area contributed by atoms with Gasteiger partial charge in [-0.1, -0.05) is 141 Å². The van der Waals surface area contributed by atoms with Crippen LogP contribution in [-0.4, -0.2) is 28.4 Å². The molecule has 294 valence electrons. The Morgan fingerprint density at radius 1 is 0.421 bits per heavy atom. The SMILES string of the molecule is COc1cc(N(Cc2ccccc2)Cc2ccccc2)c(OC)cc1C(c1cc(OC)c(N(Cc2ccccc2)Cc2ccccc2)cc1OC)C1CCCCC1. The van der Waals surface area contributed by atoms with Gasteiger partial charge in [0.15, 0.2) is 0 Å². The molecule has 6 aromatic carbocycles. The maximum Gasteiger partial charge on any atom is 0.142 e. The third-order valence-corrected chi connectivity index (χ3v) is 11.4. The molecule has 6 heteroatoms. The lowest BCUT2D eigenvalue weighted by Gasteiger charge is -2.35. The van der Waals surface area contributed by atoms with Gasteiger partial charge in [-0.15, -0.1) is 0 Å². The first-order valence-electron chi connectivity index (χ1n) is 20.3. The van der Waals surface area contributed by atoms with E-state index in [0.29, 0.717) is 5.92 Å². The molecule has 0 radical (unpaired) electrons. The predicted molar refractivity (Wildman–Crippen MR) is 233 cm³/mol. The summed E-state index contributed by atoms with van der Waals surface area (Å²) in [6.45, 7) is 2.87.